The van der Waals surface area contributed by atoms with Crippen molar-refractivity contribution in [2.45, 2.75) is 26.3 Å². The lowest BCUT2D eigenvalue weighted by atomic mass is 9.97. The van der Waals surface area contributed by atoms with Gasteiger partial charge in [-0.25, -0.2) is 4.39 Å². The lowest BCUT2D eigenvalue weighted by molar-refractivity contribution is 0.165. The van der Waals surface area contributed by atoms with Crippen LogP contribution in [0.4, 0.5) is 4.39 Å². The zero-order valence-corrected chi connectivity index (χ0v) is 12.2. The van der Waals surface area contributed by atoms with Gasteiger partial charge < -0.3 is 5.32 Å². The Morgan fingerprint density at radius 1 is 1.47 bits per heavy atom. The molecule has 0 amide bonds. The molecule has 0 radical (unpaired) electrons. The molecular weight excluding hydrogens is 263 g/mol. The van der Waals surface area contributed by atoms with E-state index in [4.69, 9.17) is 11.6 Å². The number of likely N-dealkylation sites (tertiary alicyclic amines) is 1. The minimum atomic E-state index is -0.319. The minimum absolute atomic E-state index is 0.201. The molecule has 106 valence electrons. The molecule has 0 bridgehead atoms. The highest BCUT2D eigenvalue weighted by atomic mass is 35.5. The van der Waals surface area contributed by atoms with Gasteiger partial charge in [0.2, 0.25) is 0 Å². The SMILES string of the molecule is CCNCC1CCCN(Cc2ccc(Cl)c(F)c2)C1. The fraction of sp³-hybridized carbons (Fsp3) is 0.600. The largest absolute Gasteiger partial charge is 0.317 e. The van der Waals surface area contributed by atoms with Crippen molar-refractivity contribution < 1.29 is 4.39 Å². The van der Waals surface area contributed by atoms with Crippen molar-refractivity contribution in [1.29, 1.82) is 0 Å². The third kappa shape index (κ3) is 4.44. The molecule has 1 fully saturated rings. The van der Waals surface area contributed by atoms with Gasteiger partial charge in [0, 0.05) is 13.1 Å². The smallest absolute Gasteiger partial charge is 0.142 e. The normalized spacial score (nSPS) is 20.7. The first-order valence-electron chi connectivity index (χ1n) is 7.06. The van der Waals surface area contributed by atoms with Gasteiger partial charge in [-0.05, 0) is 56.1 Å². The zero-order valence-electron chi connectivity index (χ0n) is 11.5. The Morgan fingerprint density at radius 2 is 2.32 bits per heavy atom. The summed E-state index contributed by atoms with van der Waals surface area (Å²) in [5.74, 6) is 0.395. The summed E-state index contributed by atoms with van der Waals surface area (Å²) in [6.07, 6.45) is 2.52. The molecule has 1 aromatic carbocycles. The van der Waals surface area contributed by atoms with Gasteiger partial charge in [-0.3, -0.25) is 4.90 Å². The lowest BCUT2D eigenvalue weighted by Crippen LogP contribution is -2.39. The highest BCUT2D eigenvalue weighted by Crippen LogP contribution is 2.20. The summed E-state index contributed by atoms with van der Waals surface area (Å²) in [6, 6.07) is 5.11. The van der Waals surface area contributed by atoms with Gasteiger partial charge in [0.15, 0.2) is 0 Å². The number of nitrogens with one attached hydrogen (secondary N) is 1. The number of benzene rings is 1. The molecule has 1 unspecified atom stereocenters. The molecule has 1 N–H and O–H groups in total. The molecule has 1 heterocycles. The van der Waals surface area contributed by atoms with E-state index in [-0.39, 0.29) is 10.8 Å². The maximum atomic E-state index is 13.4. The van der Waals surface area contributed by atoms with E-state index in [9.17, 15) is 4.39 Å². The molecule has 0 saturated carbocycles. The zero-order chi connectivity index (χ0) is 13.7. The van der Waals surface area contributed by atoms with E-state index >= 15 is 0 Å². The van der Waals surface area contributed by atoms with Crippen LogP contribution in [0, 0.1) is 11.7 Å². The minimum Gasteiger partial charge on any atom is -0.317 e. The van der Waals surface area contributed by atoms with E-state index < -0.39 is 0 Å². The number of rotatable bonds is 5. The van der Waals surface area contributed by atoms with Gasteiger partial charge in [-0.1, -0.05) is 24.6 Å². The second-order valence-electron chi connectivity index (χ2n) is 5.30. The first-order valence-corrected chi connectivity index (χ1v) is 7.44. The monoisotopic (exact) mass is 284 g/mol. The van der Waals surface area contributed by atoms with E-state index in [1.54, 1.807) is 12.1 Å². The molecule has 4 heteroatoms. The summed E-state index contributed by atoms with van der Waals surface area (Å²) < 4.78 is 13.4. The van der Waals surface area contributed by atoms with E-state index in [2.05, 4.69) is 17.1 Å². The van der Waals surface area contributed by atoms with Crippen LogP contribution >= 0.6 is 11.6 Å². The Hall–Kier alpha value is -0.640. The Morgan fingerprint density at radius 3 is 3.05 bits per heavy atom. The Balaban J connectivity index is 1.89. The maximum Gasteiger partial charge on any atom is 0.142 e. The maximum absolute atomic E-state index is 13.4. The summed E-state index contributed by atoms with van der Waals surface area (Å²) in [5.41, 5.74) is 1.01. The van der Waals surface area contributed by atoms with Gasteiger partial charge in [0.05, 0.1) is 5.02 Å². The fourth-order valence-electron chi connectivity index (χ4n) is 2.71. The van der Waals surface area contributed by atoms with E-state index in [0.29, 0.717) is 5.92 Å². The van der Waals surface area contributed by atoms with Crippen molar-refractivity contribution in [2.24, 2.45) is 5.92 Å². The van der Waals surface area contributed by atoms with E-state index in [1.807, 2.05) is 6.07 Å². The average molecular weight is 285 g/mol. The van der Waals surface area contributed by atoms with Crippen LogP contribution < -0.4 is 5.32 Å². The summed E-state index contributed by atoms with van der Waals surface area (Å²) in [6.45, 7) is 7.26. The summed E-state index contributed by atoms with van der Waals surface area (Å²) >= 11 is 5.71. The van der Waals surface area contributed by atoms with E-state index in [0.717, 1.165) is 38.3 Å². The molecule has 0 aromatic heterocycles. The molecule has 1 atom stereocenters. The second kappa shape index (κ2) is 7.22. The molecule has 1 aromatic rings. The highest BCUT2D eigenvalue weighted by molar-refractivity contribution is 6.30. The van der Waals surface area contributed by atoms with Crippen LogP contribution in [0.25, 0.3) is 0 Å². The van der Waals surface area contributed by atoms with Crippen LogP contribution in [0.5, 0.6) is 0 Å². The molecular formula is C15H22ClFN2. The van der Waals surface area contributed by atoms with Crippen molar-refractivity contribution in [3.05, 3.63) is 34.6 Å². The number of nitrogens with zero attached hydrogens (tertiary/aromatic N) is 1. The molecule has 1 saturated heterocycles. The number of piperidine rings is 1. The van der Waals surface area contributed by atoms with Crippen LogP contribution in [0.15, 0.2) is 18.2 Å². The lowest BCUT2D eigenvalue weighted by Gasteiger charge is -2.32. The van der Waals surface area contributed by atoms with Gasteiger partial charge in [-0.15, -0.1) is 0 Å². The molecule has 2 nitrogen and oxygen atoms in total. The van der Waals surface area contributed by atoms with Crippen LogP contribution in [0.3, 0.4) is 0 Å². The van der Waals surface area contributed by atoms with Gasteiger partial charge >= 0.3 is 0 Å². The molecule has 2 rings (SSSR count). The Labute approximate surface area is 119 Å². The molecule has 1 aliphatic rings. The summed E-state index contributed by atoms with van der Waals surface area (Å²) in [5, 5.41) is 3.62. The fourth-order valence-corrected chi connectivity index (χ4v) is 2.82. The standard InChI is InChI=1S/C15H22ClFN2/c1-2-18-9-13-4-3-7-19(11-13)10-12-5-6-14(16)15(17)8-12/h5-6,8,13,18H,2-4,7,9-11H2,1H3. The van der Waals surface area contributed by atoms with Crippen LogP contribution in [-0.2, 0) is 6.54 Å². The number of halogens is 2. The molecule has 1 aliphatic heterocycles. The highest BCUT2D eigenvalue weighted by Gasteiger charge is 2.19. The van der Waals surface area contributed by atoms with Crippen molar-refractivity contribution in [2.75, 3.05) is 26.2 Å². The molecule has 0 spiro atoms. The second-order valence-corrected chi connectivity index (χ2v) is 5.71. The Bertz CT molecular complexity index is 411. The average Bonchev–Trinajstić information content (AvgIpc) is 2.41. The first-order chi connectivity index (χ1) is 9.19. The first kappa shape index (κ1) is 14.8. The van der Waals surface area contributed by atoms with Crippen molar-refractivity contribution >= 4 is 11.6 Å². The quantitative estimate of drug-likeness (QED) is 0.892. The number of hydrogen-bond acceptors (Lipinski definition) is 2. The molecule has 19 heavy (non-hydrogen) atoms. The Kier molecular flexibility index (Phi) is 5.61. The predicted molar refractivity (Wildman–Crippen MR) is 78.0 cm³/mol. The summed E-state index contributed by atoms with van der Waals surface area (Å²) in [7, 11) is 0. The van der Waals surface area contributed by atoms with E-state index in [1.165, 1.54) is 12.8 Å². The van der Waals surface area contributed by atoms with Crippen LogP contribution in [0.2, 0.25) is 5.02 Å². The van der Waals surface area contributed by atoms with Crippen molar-refractivity contribution in [1.82, 2.24) is 10.2 Å². The topological polar surface area (TPSA) is 15.3 Å². The molecule has 0 aliphatic carbocycles. The van der Waals surface area contributed by atoms with Gasteiger partial charge in [0.1, 0.15) is 5.82 Å². The third-order valence-electron chi connectivity index (χ3n) is 3.68. The summed E-state index contributed by atoms with van der Waals surface area (Å²) in [4.78, 5) is 2.41. The van der Waals surface area contributed by atoms with Crippen LogP contribution in [-0.4, -0.2) is 31.1 Å². The number of hydrogen-bond donors (Lipinski definition) is 1. The van der Waals surface area contributed by atoms with Crippen molar-refractivity contribution in [3.63, 3.8) is 0 Å². The van der Waals surface area contributed by atoms with Crippen molar-refractivity contribution in [3.8, 4) is 0 Å². The van der Waals surface area contributed by atoms with Gasteiger partial charge in [0.25, 0.3) is 0 Å². The van der Waals surface area contributed by atoms with Gasteiger partial charge in [-0.2, -0.15) is 0 Å². The third-order valence-corrected chi connectivity index (χ3v) is 3.98. The van der Waals surface area contributed by atoms with Crippen LogP contribution in [0.1, 0.15) is 25.3 Å². The predicted octanol–water partition coefficient (Wildman–Crippen LogP) is 3.30.